The van der Waals surface area contributed by atoms with Gasteiger partial charge < -0.3 is 10.5 Å². The van der Waals surface area contributed by atoms with Crippen LogP contribution in [0.2, 0.25) is 0 Å². The highest BCUT2D eigenvalue weighted by Crippen LogP contribution is 2.19. The average molecular weight is 356 g/mol. The molecule has 0 unspecified atom stereocenters. The summed E-state index contributed by atoms with van der Waals surface area (Å²) in [6.07, 6.45) is 4.69. The third-order valence-corrected chi connectivity index (χ3v) is 4.00. The number of carbonyl (C=O) groups excluding carboxylic acids is 1. The highest BCUT2D eigenvalue weighted by molar-refractivity contribution is 5.88. The number of benzene rings is 1. The molecule has 6 nitrogen and oxygen atoms in total. The van der Waals surface area contributed by atoms with E-state index < -0.39 is 6.03 Å². The molecule has 0 saturated heterocycles. The van der Waals surface area contributed by atoms with Gasteiger partial charge in [-0.25, -0.2) is 9.78 Å². The zero-order valence-electron chi connectivity index (χ0n) is 15.6. The van der Waals surface area contributed by atoms with Crippen molar-refractivity contribution in [3.8, 4) is 5.88 Å². The number of nitrogens with zero attached hydrogens (tertiary/aromatic N) is 3. The summed E-state index contributed by atoms with van der Waals surface area (Å²) in [5.74, 6) is 0.787. The van der Waals surface area contributed by atoms with E-state index in [1.165, 1.54) is 4.90 Å². The first-order valence-corrected chi connectivity index (χ1v) is 9.25. The first kappa shape index (κ1) is 19.7. The molecule has 0 spiro atoms. The van der Waals surface area contributed by atoms with Gasteiger partial charge in [0.05, 0.1) is 0 Å². The van der Waals surface area contributed by atoms with Gasteiger partial charge in [-0.15, -0.1) is 0 Å². The molecule has 0 radical (unpaired) electrons. The molecule has 1 heterocycles. The van der Waals surface area contributed by atoms with Crippen LogP contribution in [-0.2, 0) is 13.0 Å². The summed E-state index contributed by atoms with van der Waals surface area (Å²) in [6, 6.07) is 11.2. The van der Waals surface area contributed by atoms with E-state index >= 15 is 0 Å². The minimum atomic E-state index is -0.542. The molecule has 2 amide bonds. The van der Waals surface area contributed by atoms with Crippen molar-refractivity contribution >= 4 is 12.0 Å². The van der Waals surface area contributed by atoms with Gasteiger partial charge in [0.25, 0.3) is 0 Å². The van der Waals surface area contributed by atoms with Gasteiger partial charge in [-0.05, 0) is 24.8 Å². The Morgan fingerprint density at radius 2 is 1.85 bits per heavy atom. The van der Waals surface area contributed by atoms with Crippen molar-refractivity contribution in [2.24, 2.45) is 5.73 Å². The second-order valence-corrected chi connectivity index (χ2v) is 6.22. The molecule has 2 aromatic rings. The van der Waals surface area contributed by atoms with Crippen LogP contribution in [0.25, 0.3) is 0 Å². The molecule has 26 heavy (non-hydrogen) atoms. The molecule has 0 aliphatic rings. The highest BCUT2D eigenvalue weighted by Gasteiger charge is 2.17. The number of carbonyl (C=O) groups is 1. The van der Waals surface area contributed by atoms with Crippen LogP contribution < -0.4 is 15.4 Å². The number of rotatable bonds is 10. The number of aryl methyl sites for hydroxylation is 1. The van der Waals surface area contributed by atoms with E-state index in [0.29, 0.717) is 25.0 Å². The van der Waals surface area contributed by atoms with E-state index in [9.17, 15) is 4.79 Å². The topological polar surface area (TPSA) is 81.3 Å². The number of hydrogen-bond donors (Lipinski definition) is 1. The van der Waals surface area contributed by atoms with Crippen LogP contribution in [0.3, 0.4) is 0 Å². The Bertz CT molecular complexity index is 691. The molecule has 6 heteroatoms. The Balaban J connectivity index is 2.23. The lowest BCUT2D eigenvalue weighted by Crippen LogP contribution is -2.38. The lowest BCUT2D eigenvalue weighted by atomic mass is 10.2. The maximum Gasteiger partial charge on any atom is 0.321 e. The van der Waals surface area contributed by atoms with Gasteiger partial charge in [0.15, 0.2) is 0 Å². The minimum Gasteiger partial charge on any atom is -0.473 e. The molecule has 2 rings (SSSR count). The molecular formula is C20H28N4O2. The van der Waals surface area contributed by atoms with E-state index in [-0.39, 0.29) is 0 Å². The van der Waals surface area contributed by atoms with Crippen LogP contribution in [0.5, 0.6) is 5.88 Å². The number of hydrogen-bond acceptors (Lipinski definition) is 4. The number of amides is 2. The van der Waals surface area contributed by atoms with Crippen LogP contribution in [0.1, 0.15) is 50.8 Å². The summed E-state index contributed by atoms with van der Waals surface area (Å²) >= 11 is 0. The van der Waals surface area contributed by atoms with Crippen LogP contribution in [0.15, 0.2) is 36.4 Å². The molecule has 2 N–H and O–H groups in total. The summed E-state index contributed by atoms with van der Waals surface area (Å²) < 4.78 is 5.86. The van der Waals surface area contributed by atoms with Crippen molar-refractivity contribution in [1.29, 1.82) is 0 Å². The molecule has 0 bridgehead atoms. The molecule has 0 atom stereocenters. The Kier molecular flexibility index (Phi) is 7.86. The van der Waals surface area contributed by atoms with Gasteiger partial charge in [0.2, 0.25) is 11.8 Å². The van der Waals surface area contributed by atoms with Gasteiger partial charge in [-0.1, -0.05) is 57.0 Å². The van der Waals surface area contributed by atoms with Crippen LogP contribution >= 0.6 is 0 Å². The fourth-order valence-electron chi connectivity index (χ4n) is 2.50. The van der Waals surface area contributed by atoms with Gasteiger partial charge in [0, 0.05) is 18.3 Å². The largest absolute Gasteiger partial charge is 0.473 e. The first-order chi connectivity index (χ1) is 12.6. The average Bonchev–Trinajstić information content (AvgIpc) is 2.65. The number of ether oxygens (including phenoxy) is 1. The van der Waals surface area contributed by atoms with Crippen LogP contribution in [0, 0.1) is 0 Å². The third-order valence-electron chi connectivity index (χ3n) is 4.00. The summed E-state index contributed by atoms with van der Waals surface area (Å²) in [6.45, 7) is 5.11. The van der Waals surface area contributed by atoms with E-state index in [0.717, 1.165) is 43.4 Å². The normalized spacial score (nSPS) is 10.5. The molecule has 140 valence electrons. The van der Waals surface area contributed by atoms with E-state index in [2.05, 4.69) is 23.8 Å². The summed E-state index contributed by atoms with van der Waals surface area (Å²) in [7, 11) is 0. The van der Waals surface area contributed by atoms with Crippen molar-refractivity contribution in [3.05, 3.63) is 47.7 Å². The third kappa shape index (κ3) is 6.02. The van der Waals surface area contributed by atoms with Gasteiger partial charge in [-0.3, -0.25) is 4.90 Å². The Morgan fingerprint density at radius 1 is 1.12 bits per heavy atom. The Morgan fingerprint density at radius 3 is 2.50 bits per heavy atom. The summed E-state index contributed by atoms with van der Waals surface area (Å²) in [5.41, 5.74) is 7.46. The van der Waals surface area contributed by atoms with Crippen molar-refractivity contribution in [2.75, 3.05) is 11.4 Å². The second-order valence-electron chi connectivity index (χ2n) is 6.22. The molecule has 1 aromatic carbocycles. The summed E-state index contributed by atoms with van der Waals surface area (Å²) in [5, 5.41) is 0. The number of nitrogens with two attached hydrogens (primary N) is 1. The molecular weight excluding hydrogens is 328 g/mol. The predicted molar refractivity (Wildman–Crippen MR) is 103 cm³/mol. The standard InChI is InChI=1S/C20H28N4O2/c1-3-5-12-17-14-18(26-15-16-10-8-7-9-11-16)23-20(22-17)24(19(21)25)13-6-4-2/h7-11,14H,3-6,12-13,15H2,1-2H3,(H2,21,25). The van der Waals surface area contributed by atoms with Crippen molar-refractivity contribution in [3.63, 3.8) is 0 Å². The quantitative estimate of drug-likeness (QED) is 0.695. The fraction of sp³-hybridized carbons (Fsp3) is 0.450. The van der Waals surface area contributed by atoms with Crippen molar-refractivity contribution < 1.29 is 9.53 Å². The fourth-order valence-corrected chi connectivity index (χ4v) is 2.50. The zero-order valence-corrected chi connectivity index (χ0v) is 15.6. The van der Waals surface area contributed by atoms with Gasteiger partial charge in [-0.2, -0.15) is 4.98 Å². The van der Waals surface area contributed by atoms with E-state index in [4.69, 9.17) is 10.5 Å². The SMILES string of the molecule is CCCCc1cc(OCc2ccccc2)nc(N(CCCC)C(N)=O)n1. The van der Waals surface area contributed by atoms with Gasteiger partial charge in [0.1, 0.15) is 6.61 Å². The maximum atomic E-state index is 11.8. The predicted octanol–water partition coefficient (Wildman–Crippen LogP) is 4.08. The number of unbranched alkanes of at least 4 members (excludes halogenated alkanes) is 2. The second kappa shape index (κ2) is 10.4. The van der Waals surface area contributed by atoms with E-state index in [1.54, 1.807) is 0 Å². The first-order valence-electron chi connectivity index (χ1n) is 9.25. The summed E-state index contributed by atoms with van der Waals surface area (Å²) in [4.78, 5) is 22.2. The van der Waals surface area contributed by atoms with E-state index in [1.807, 2.05) is 36.4 Å². The smallest absolute Gasteiger partial charge is 0.321 e. The van der Waals surface area contributed by atoms with Crippen LogP contribution in [-0.4, -0.2) is 22.5 Å². The maximum absolute atomic E-state index is 11.8. The monoisotopic (exact) mass is 356 g/mol. The zero-order chi connectivity index (χ0) is 18.8. The number of primary amides is 1. The molecule has 0 fully saturated rings. The minimum absolute atomic E-state index is 0.322. The Labute approximate surface area is 155 Å². The number of aromatic nitrogens is 2. The Hall–Kier alpha value is -2.63. The molecule has 1 aromatic heterocycles. The highest BCUT2D eigenvalue weighted by atomic mass is 16.5. The number of anilines is 1. The lowest BCUT2D eigenvalue weighted by molar-refractivity contribution is 0.253. The van der Waals surface area contributed by atoms with Crippen LogP contribution in [0.4, 0.5) is 10.7 Å². The lowest BCUT2D eigenvalue weighted by Gasteiger charge is -2.19. The molecule has 0 saturated carbocycles. The van der Waals surface area contributed by atoms with Crippen molar-refractivity contribution in [1.82, 2.24) is 9.97 Å². The van der Waals surface area contributed by atoms with Crippen molar-refractivity contribution in [2.45, 2.75) is 52.6 Å². The number of urea groups is 1. The molecule has 0 aliphatic heterocycles. The van der Waals surface area contributed by atoms with Gasteiger partial charge >= 0.3 is 6.03 Å². The molecule has 0 aliphatic carbocycles.